The van der Waals surface area contributed by atoms with Crippen LogP contribution in [-0.4, -0.2) is 32.7 Å². The highest BCUT2D eigenvalue weighted by atomic mass is 32.2. The normalized spacial score (nSPS) is 17.2. The smallest absolute Gasteiger partial charge is 0.242 e. The maximum absolute atomic E-state index is 11.9. The van der Waals surface area contributed by atoms with Gasteiger partial charge in [0.25, 0.3) is 0 Å². The number of nitrogens with zero attached hydrogens (tertiary/aromatic N) is 1. The van der Waals surface area contributed by atoms with Gasteiger partial charge in [-0.3, -0.25) is 0 Å². The zero-order chi connectivity index (χ0) is 14.4. The molecule has 1 fully saturated rings. The van der Waals surface area contributed by atoms with Gasteiger partial charge in [-0.2, -0.15) is 0 Å². The molecular weight excluding hydrogens is 278 g/mol. The van der Waals surface area contributed by atoms with Crippen molar-refractivity contribution in [2.45, 2.75) is 43.1 Å². The van der Waals surface area contributed by atoms with Crippen LogP contribution in [-0.2, 0) is 14.8 Å². The largest absolute Gasteiger partial charge is 0.384 e. The van der Waals surface area contributed by atoms with Gasteiger partial charge in [0.05, 0.1) is 12.7 Å². The molecule has 1 aliphatic rings. The van der Waals surface area contributed by atoms with Gasteiger partial charge in [0, 0.05) is 12.7 Å². The number of anilines is 1. The van der Waals surface area contributed by atoms with Gasteiger partial charge < -0.3 is 10.5 Å². The fraction of sp³-hybridized carbons (Fsp3) is 0.615. The summed E-state index contributed by atoms with van der Waals surface area (Å²) in [7, 11) is -3.53. The van der Waals surface area contributed by atoms with E-state index in [1.807, 2.05) is 0 Å². The van der Waals surface area contributed by atoms with Crippen LogP contribution in [0.25, 0.3) is 0 Å². The lowest BCUT2D eigenvalue weighted by Gasteiger charge is -2.21. The van der Waals surface area contributed by atoms with E-state index in [0.717, 1.165) is 12.8 Å². The third kappa shape index (κ3) is 4.43. The Morgan fingerprint density at radius 2 is 2.05 bits per heavy atom. The average Bonchev–Trinajstić information content (AvgIpc) is 2.45. The number of hydrogen-bond donors (Lipinski definition) is 2. The molecular formula is C13H21N3O3S. The molecule has 0 atom stereocenters. The van der Waals surface area contributed by atoms with Crippen LogP contribution in [0, 0.1) is 0 Å². The van der Waals surface area contributed by atoms with E-state index in [1.54, 1.807) is 0 Å². The van der Waals surface area contributed by atoms with Gasteiger partial charge in [-0.1, -0.05) is 19.3 Å². The minimum absolute atomic E-state index is 0.115. The maximum Gasteiger partial charge on any atom is 0.242 e. The molecule has 1 aromatic rings. The number of nitrogen functional groups attached to an aromatic ring is 1. The minimum atomic E-state index is -3.53. The molecule has 0 bridgehead atoms. The fourth-order valence-electron chi connectivity index (χ4n) is 2.27. The predicted octanol–water partition coefficient (Wildman–Crippen LogP) is 1.29. The summed E-state index contributed by atoms with van der Waals surface area (Å²) >= 11 is 0. The third-order valence-electron chi connectivity index (χ3n) is 3.37. The van der Waals surface area contributed by atoms with Crippen molar-refractivity contribution in [2.75, 3.05) is 18.9 Å². The van der Waals surface area contributed by atoms with Crippen LogP contribution >= 0.6 is 0 Å². The van der Waals surface area contributed by atoms with Crippen LogP contribution in [0.1, 0.15) is 32.1 Å². The van der Waals surface area contributed by atoms with Crippen molar-refractivity contribution < 1.29 is 13.2 Å². The molecule has 0 spiro atoms. The Balaban J connectivity index is 1.76. The first-order valence-corrected chi connectivity index (χ1v) is 8.39. The number of sulfonamides is 1. The van der Waals surface area contributed by atoms with E-state index in [4.69, 9.17) is 10.5 Å². The second-order valence-corrected chi connectivity index (χ2v) is 6.71. The maximum atomic E-state index is 11.9. The van der Waals surface area contributed by atoms with Gasteiger partial charge in [-0.25, -0.2) is 18.1 Å². The Morgan fingerprint density at radius 3 is 2.70 bits per heavy atom. The van der Waals surface area contributed by atoms with Gasteiger partial charge in [0.2, 0.25) is 10.0 Å². The van der Waals surface area contributed by atoms with Crippen LogP contribution in [0.5, 0.6) is 0 Å². The van der Waals surface area contributed by atoms with Crippen molar-refractivity contribution in [1.82, 2.24) is 9.71 Å². The van der Waals surface area contributed by atoms with Crippen molar-refractivity contribution in [2.24, 2.45) is 0 Å². The summed E-state index contributed by atoms with van der Waals surface area (Å²) in [6.07, 6.45) is 7.37. The SMILES string of the molecule is Nc1ccc(S(=O)(=O)NCCOC2CCCCC2)cn1. The average molecular weight is 299 g/mol. The Kier molecular flexibility index (Phi) is 5.33. The van der Waals surface area contributed by atoms with E-state index in [2.05, 4.69) is 9.71 Å². The first kappa shape index (κ1) is 15.2. The fourth-order valence-corrected chi connectivity index (χ4v) is 3.22. The molecule has 1 aliphatic carbocycles. The number of ether oxygens (including phenoxy) is 1. The number of hydrogen-bond acceptors (Lipinski definition) is 5. The second-order valence-electron chi connectivity index (χ2n) is 4.95. The molecule has 1 heterocycles. The van der Waals surface area contributed by atoms with Crippen LogP contribution in [0.3, 0.4) is 0 Å². The zero-order valence-corrected chi connectivity index (χ0v) is 12.2. The quantitative estimate of drug-likeness (QED) is 0.772. The summed E-state index contributed by atoms with van der Waals surface area (Å²) in [5.41, 5.74) is 5.43. The number of pyridine rings is 1. The standard InChI is InChI=1S/C13H21N3O3S/c14-13-7-6-12(10-15-13)20(17,18)16-8-9-19-11-4-2-1-3-5-11/h6-7,10-11,16H,1-5,8-9H2,(H2,14,15). The summed E-state index contributed by atoms with van der Waals surface area (Å²) in [4.78, 5) is 3.89. The molecule has 0 aromatic carbocycles. The number of aromatic nitrogens is 1. The number of nitrogens with one attached hydrogen (secondary N) is 1. The Bertz CT molecular complexity index is 510. The lowest BCUT2D eigenvalue weighted by Crippen LogP contribution is -2.29. The molecule has 0 saturated heterocycles. The topological polar surface area (TPSA) is 94.3 Å². The van der Waals surface area contributed by atoms with Gasteiger partial charge in [0.1, 0.15) is 10.7 Å². The summed E-state index contributed by atoms with van der Waals surface area (Å²) in [5.74, 6) is 0.296. The van der Waals surface area contributed by atoms with Crippen molar-refractivity contribution in [1.29, 1.82) is 0 Å². The Hall–Kier alpha value is -1.18. The summed E-state index contributed by atoms with van der Waals surface area (Å²) in [5, 5.41) is 0. The zero-order valence-electron chi connectivity index (χ0n) is 11.4. The molecule has 0 aliphatic heterocycles. The van der Waals surface area contributed by atoms with Gasteiger partial charge in [-0.15, -0.1) is 0 Å². The van der Waals surface area contributed by atoms with Crippen molar-refractivity contribution in [3.63, 3.8) is 0 Å². The van der Waals surface area contributed by atoms with E-state index in [1.165, 1.54) is 37.6 Å². The molecule has 1 saturated carbocycles. The van der Waals surface area contributed by atoms with Crippen LogP contribution in [0.2, 0.25) is 0 Å². The summed E-state index contributed by atoms with van der Waals surface area (Å²) in [6, 6.07) is 2.90. The molecule has 112 valence electrons. The number of nitrogens with two attached hydrogens (primary N) is 1. The van der Waals surface area contributed by atoms with E-state index in [9.17, 15) is 8.42 Å². The van der Waals surface area contributed by atoms with Crippen molar-refractivity contribution >= 4 is 15.8 Å². The van der Waals surface area contributed by atoms with Crippen LogP contribution in [0.15, 0.2) is 23.2 Å². The predicted molar refractivity (Wildman–Crippen MR) is 76.7 cm³/mol. The lowest BCUT2D eigenvalue weighted by molar-refractivity contribution is 0.0321. The second kappa shape index (κ2) is 7.01. The molecule has 2 rings (SSSR count). The monoisotopic (exact) mass is 299 g/mol. The van der Waals surface area contributed by atoms with E-state index in [-0.39, 0.29) is 17.5 Å². The molecule has 20 heavy (non-hydrogen) atoms. The molecule has 1 aromatic heterocycles. The molecule has 6 nitrogen and oxygen atoms in total. The highest BCUT2D eigenvalue weighted by molar-refractivity contribution is 7.89. The first-order valence-electron chi connectivity index (χ1n) is 6.91. The third-order valence-corrected chi connectivity index (χ3v) is 4.82. The van der Waals surface area contributed by atoms with Crippen LogP contribution < -0.4 is 10.5 Å². The van der Waals surface area contributed by atoms with Crippen LogP contribution in [0.4, 0.5) is 5.82 Å². The van der Waals surface area contributed by atoms with E-state index < -0.39 is 10.0 Å². The molecule has 0 radical (unpaired) electrons. The van der Waals surface area contributed by atoms with E-state index >= 15 is 0 Å². The van der Waals surface area contributed by atoms with Gasteiger partial charge >= 0.3 is 0 Å². The highest BCUT2D eigenvalue weighted by Crippen LogP contribution is 2.19. The molecule has 7 heteroatoms. The Labute approximate surface area is 119 Å². The Morgan fingerprint density at radius 1 is 1.30 bits per heavy atom. The van der Waals surface area contributed by atoms with Crippen molar-refractivity contribution in [3.8, 4) is 0 Å². The molecule has 0 amide bonds. The summed E-state index contributed by atoms with van der Waals surface area (Å²) < 4.78 is 32.1. The highest BCUT2D eigenvalue weighted by Gasteiger charge is 2.16. The van der Waals surface area contributed by atoms with E-state index in [0.29, 0.717) is 12.4 Å². The number of rotatable bonds is 6. The first-order chi connectivity index (χ1) is 9.58. The van der Waals surface area contributed by atoms with Gasteiger partial charge in [-0.05, 0) is 25.0 Å². The summed E-state index contributed by atoms with van der Waals surface area (Å²) in [6.45, 7) is 0.662. The minimum Gasteiger partial charge on any atom is -0.384 e. The van der Waals surface area contributed by atoms with Crippen molar-refractivity contribution in [3.05, 3.63) is 18.3 Å². The molecule has 3 N–H and O–H groups in total. The molecule has 0 unspecified atom stereocenters. The lowest BCUT2D eigenvalue weighted by atomic mass is 9.98. The van der Waals surface area contributed by atoms with Gasteiger partial charge in [0.15, 0.2) is 0 Å².